The zero-order valence-electron chi connectivity index (χ0n) is 31.5. The second-order valence-electron chi connectivity index (χ2n) is 14.8. The Morgan fingerprint density at radius 3 is 1.57 bits per heavy atom. The number of benzene rings is 8. The van der Waals surface area contributed by atoms with E-state index in [1.807, 2.05) is 60.7 Å². The molecule has 0 bridgehead atoms. The molecule has 0 aliphatic rings. The molecule has 4 heterocycles. The Hall–Kier alpha value is -7.83. The summed E-state index contributed by atoms with van der Waals surface area (Å²) in [6, 6.07) is 63.4. The number of fused-ring (bicyclic) bond motifs is 12. The topological polar surface area (TPSA) is 61.7 Å². The van der Waals surface area contributed by atoms with Gasteiger partial charge in [-0.1, -0.05) is 133 Å². The molecule has 0 aliphatic carbocycles. The lowest BCUT2D eigenvalue weighted by Crippen LogP contribution is -2.02. The first kappa shape index (κ1) is 32.4. The summed E-state index contributed by atoms with van der Waals surface area (Å²) in [5, 5.41) is 6.88. The zero-order valence-corrected chi connectivity index (χ0v) is 31.5. The van der Waals surface area contributed by atoms with E-state index in [0.29, 0.717) is 17.5 Å². The van der Waals surface area contributed by atoms with E-state index >= 15 is 0 Å². The molecule has 12 aromatic rings. The van der Waals surface area contributed by atoms with Gasteiger partial charge in [0.15, 0.2) is 23.1 Å². The highest BCUT2D eigenvalue weighted by atomic mass is 16.3. The maximum atomic E-state index is 6.95. The number of para-hydroxylation sites is 4. The van der Waals surface area contributed by atoms with E-state index in [9.17, 15) is 0 Å². The molecule has 0 saturated carbocycles. The van der Waals surface area contributed by atoms with E-state index in [-0.39, 0.29) is 0 Å². The van der Waals surface area contributed by atoms with E-state index in [1.54, 1.807) is 0 Å². The van der Waals surface area contributed by atoms with Gasteiger partial charge in [-0.2, -0.15) is 0 Å². The largest absolute Gasteiger partial charge is 0.454 e. The molecule has 0 saturated heterocycles. The third-order valence-electron chi connectivity index (χ3n) is 11.5. The van der Waals surface area contributed by atoms with Crippen molar-refractivity contribution in [2.75, 3.05) is 0 Å². The average Bonchev–Trinajstić information content (AvgIpc) is 3.95. The molecule has 0 amide bonds. The van der Waals surface area contributed by atoms with Crippen molar-refractivity contribution in [1.82, 2.24) is 24.1 Å². The molecule has 6 nitrogen and oxygen atoms in total. The van der Waals surface area contributed by atoms with Crippen molar-refractivity contribution < 1.29 is 4.42 Å². The van der Waals surface area contributed by atoms with Gasteiger partial charge in [0.1, 0.15) is 5.58 Å². The molecule has 0 atom stereocenters. The van der Waals surface area contributed by atoms with Gasteiger partial charge in [0, 0.05) is 60.4 Å². The van der Waals surface area contributed by atoms with Crippen molar-refractivity contribution in [3.05, 3.63) is 188 Å². The summed E-state index contributed by atoms with van der Waals surface area (Å²) in [4.78, 5) is 15.1. The summed E-state index contributed by atoms with van der Waals surface area (Å²) in [6.07, 6.45) is 0. The highest BCUT2D eigenvalue weighted by Crippen LogP contribution is 2.49. The van der Waals surface area contributed by atoms with Gasteiger partial charge >= 0.3 is 0 Å². The number of nitrogens with zero attached hydrogens (tertiary/aromatic N) is 5. The lowest BCUT2D eigenvalue weighted by molar-refractivity contribution is 0.671. The summed E-state index contributed by atoms with van der Waals surface area (Å²) >= 11 is 0. The first-order valence-corrected chi connectivity index (χ1v) is 19.5. The second-order valence-corrected chi connectivity index (χ2v) is 14.8. The quantitative estimate of drug-likeness (QED) is 0.176. The lowest BCUT2D eigenvalue weighted by atomic mass is 10.0. The summed E-state index contributed by atoms with van der Waals surface area (Å²) in [5.74, 6) is 1.92. The van der Waals surface area contributed by atoms with Crippen LogP contribution in [-0.2, 0) is 0 Å². The van der Waals surface area contributed by atoms with Crippen LogP contribution in [0.5, 0.6) is 0 Å². The fraction of sp³-hybridized carbons (Fsp3) is 0.0192. The van der Waals surface area contributed by atoms with Crippen LogP contribution < -0.4 is 0 Å². The minimum atomic E-state index is 0.638. The Morgan fingerprint density at radius 1 is 0.414 bits per heavy atom. The number of furan rings is 1. The standard InChI is InChI=1S/C52H33N5O/c1-32-31-36(29-30-37(32)52-54-50(33-17-5-2-6-18-33)53-51(55-52)34-19-7-3-8-20-34)57-41-26-14-11-23-38(41)44-45-40-25-13-16-28-43(40)58-49(45)48-46(47(44)57)39-24-12-15-27-42(39)56(48)35-21-9-4-10-22-35/h2-31H,1H3. The lowest BCUT2D eigenvalue weighted by Gasteiger charge is -2.14. The predicted molar refractivity (Wildman–Crippen MR) is 237 cm³/mol. The molecule has 58 heavy (non-hydrogen) atoms. The zero-order chi connectivity index (χ0) is 38.3. The molecule has 0 spiro atoms. The maximum absolute atomic E-state index is 6.95. The van der Waals surface area contributed by atoms with Gasteiger partial charge in [-0.15, -0.1) is 0 Å². The van der Waals surface area contributed by atoms with E-state index in [2.05, 4.69) is 137 Å². The van der Waals surface area contributed by atoms with E-state index < -0.39 is 0 Å². The van der Waals surface area contributed by atoms with Crippen LogP contribution in [0.15, 0.2) is 186 Å². The molecule has 8 aromatic carbocycles. The second kappa shape index (κ2) is 12.6. The number of hydrogen-bond donors (Lipinski definition) is 0. The maximum Gasteiger partial charge on any atom is 0.164 e. The summed E-state index contributed by atoms with van der Waals surface area (Å²) in [5.41, 5.74) is 12.2. The van der Waals surface area contributed by atoms with Crippen molar-refractivity contribution in [2.24, 2.45) is 0 Å². The minimum Gasteiger partial charge on any atom is -0.454 e. The third kappa shape index (κ3) is 4.75. The van der Waals surface area contributed by atoms with Crippen LogP contribution in [0.4, 0.5) is 0 Å². The predicted octanol–water partition coefficient (Wildman–Crippen LogP) is 13.3. The first-order valence-electron chi connectivity index (χ1n) is 19.5. The van der Waals surface area contributed by atoms with Gasteiger partial charge in [-0.3, -0.25) is 0 Å². The Morgan fingerprint density at radius 2 is 0.931 bits per heavy atom. The fourth-order valence-electron chi connectivity index (χ4n) is 8.97. The van der Waals surface area contributed by atoms with Gasteiger partial charge in [-0.25, -0.2) is 15.0 Å². The number of hydrogen-bond acceptors (Lipinski definition) is 4. The molecule has 6 heteroatoms. The Kier molecular flexibility index (Phi) is 7.04. The third-order valence-corrected chi connectivity index (χ3v) is 11.5. The number of rotatable bonds is 5. The molecule has 0 unspecified atom stereocenters. The van der Waals surface area contributed by atoms with E-state index in [4.69, 9.17) is 19.4 Å². The molecule has 272 valence electrons. The molecular formula is C52H33N5O. The molecule has 12 rings (SSSR count). The van der Waals surface area contributed by atoms with Gasteiger partial charge in [0.25, 0.3) is 0 Å². The number of aromatic nitrogens is 5. The Labute approximate surface area is 332 Å². The smallest absolute Gasteiger partial charge is 0.164 e. The highest BCUT2D eigenvalue weighted by molar-refractivity contribution is 6.39. The average molecular weight is 744 g/mol. The molecular weight excluding hydrogens is 711 g/mol. The summed E-state index contributed by atoms with van der Waals surface area (Å²) in [7, 11) is 0. The van der Waals surface area contributed by atoms with Crippen LogP contribution >= 0.6 is 0 Å². The van der Waals surface area contributed by atoms with Crippen LogP contribution in [-0.4, -0.2) is 24.1 Å². The summed E-state index contributed by atoms with van der Waals surface area (Å²) < 4.78 is 11.8. The van der Waals surface area contributed by atoms with Crippen LogP contribution in [0.2, 0.25) is 0 Å². The van der Waals surface area contributed by atoms with Gasteiger partial charge in [-0.05, 0) is 61.0 Å². The van der Waals surface area contributed by atoms with E-state index in [1.165, 1.54) is 10.8 Å². The normalized spacial score (nSPS) is 11.9. The van der Waals surface area contributed by atoms with Gasteiger partial charge < -0.3 is 13.6 Å². The first-order chi connectivity index (χ1) is 28.7. The highest BCUT2D eigenvalue weighted by Gasteiger charge is 2.28. The SMILES string of the molecule is Cc1cc(-n2c3ccccc3c3c4c5ccccc5oc4c4c(c5ccccc5n4-c4ccccc4)c32)ccc1-c1nc(-c2ccccc2)nc(-c2ccccc2)n1. The van der Waals surface area contributed by atoms with Crippen LogP contribution in [0, 0.1) is 6.92 Å². The molecule has 0 N–H and O–H groups in total. The van der Waals surface area contributed by atoms with Crippen molar-refractivity contribution >= 4 is 65.6 Å². The van der Waals surface area contributed by atoms with Crippen molar-refractivity contribution in [3.63, 3.8) is 0 Å². The Balaban J connectivity index is 1.18. The molecule has 0 fully saturated rings. The van der Waals surface area contributed by atoms with Crippen molar-refractivity contribution in [3.8, 4) is 45.5 Å². The fourth-order valence-corrected chi connectivity index (χ4v) is 8.97. The van der Waals surface area contributed by atoms with Gasteiger partial charge in [0.05, 0.1) is 22.1 Å². The monoisotopic (exact) mass is 743 g/mol. The minimum absolute atomic E-state index is 0.638. The number of aryl methyl sites for hydroxylation is 1. The van der Waals surface area contributed by atoms with E-state index in [0.717, 1.165) is 88.4 Å². The summed E-state index contributed by atoms with van der Waals surface area (Å²) in [6.45, 7) is 2.15. The van der Waals surface area contributed by atoms with Crippen LogP contribution in [0.3, 0.4) is 0 Å². The molecule has 4 aromatic heterocycles. The van der Waals surface area contributed by atoms with Crippen LogP contribution in [0.25, 0.3) is 111 Å². The molecule has 0 aliphatic heterocycles. The Bertz CT molecular complexity index is 3510. The molecule has 0 radical (unpaired) electrons. The van der Waals surface area contributed by atoms with Gasteiger partial charge in [0.2, 0.25) is 0 Å². The van der Waals surface area contributed by atoms with Crippen molar-refractivity contribution in [2.45, 2.75) is 6.92 Å². The van der Waals surface area contributed by atoms with Crippen LogP contribution in [0.1, 0.15) is 5.56 Å². The van der Waals surface area contributed by atoms with Crippen molar-refractivity contribution in [1.29, 1.82) is 0 Å².